The van der Waals surface area contributed by atoms with Crippen LogP contribution in [0.3, 0.4) is 0 Å². The fraction of sp³-hybridized carbons (Fsp3) is 0.391. The van der Waals surface area contributed by atoms with Crippen LogP contribution in [0.25, 0.3) is 0 Å². The summed E-state index contributed by atoms with van der Waals surface area (Å²) >= 11 is 0. The van der Waals surface area contributed by atoms with E-state index in [1.54, 1.807) is 33.1 Å². The zero-order chi connectivity index (χ0) is 21.4. The normalized spacial score (nSPS) is 11.7. The van der Waals surface area contributed by atoms with Crippen molar-refractivity contribution in [3.8, 4) is 11.5 Å². The number of hydrogen-bond donors (Lipinski definition) is 1. The minimum Gasteiger partial charge on any atom is -0.497 e. The second kappa shape index (κ2) is 10.5. The minimum absolute atomic E-state index is 0.0276. The highest BCUT2D eigenvalue weighted by Crippen LogP contribution is 2.22. The van der Waals surface area contributed by atoms with E-state index in [0.29, 0.717) is 11.5 Å². The molecule has 2 aromatic carbocycles. The molecular weight excluding hydrogens is 370 g/mol. The maximum atomic E-state index is 12.5. The summed E-state index contributed by atoms with van der Waals surface area (Å²) in [7, 11) is 1.58. The molecule has 0 spiro atoms. The number of benzene rings is 2. The van der Waals surface area contributed by atoms with Gasteiger partial charge in [0.25, 0.3) is 5.91 Å². The SMILES string of the molecule is COc1ccc(C(CC(=O)OC(C)C)NC(=O)COc2ccc(C)cc2C)cc1. The van der Waals surface area contributed by atoms with Crippen molar-refractivity contribution in [2.45, 2.75) is 46.3 Å². The Balaban J connectivity index is 2.06. The fourth-order valence-electron chi connectivity index (χ4n) is 2.91. The largest absolute Gasteiger partial charge is 0.497 e. The predicted molar refractivity (Wildman–Crippen MR) is 111 cm³/mol. The van der Waals surface area contributed by atoms with Gasteiger partial charge in [0.2, 0.25) is 0 Å². The van der Waals surface area contributed by atoms with E-state index in [-0.39, 0.29) is 31.0 Å². The molecule has 0 heterocycles. The van der Waals surface area contributed by atoms with Gasteiger partial charge in [0.15, 0.2) is 6.61 Å². The average Bonchev–Trinajstić information content (AvgIpc) is 2.66. The smallest absolute Gasteiger partial charge is 0.308 e. The Bertz CT molecular complexity index is 830. The Morgan fingerprint density at radius 2 is 1.72 bits per heavy atom. The van der Waals surface area contributed by atoms with Crippen LogP contribution in [0.4, 0.5) is 0 Å². The number of hydrogen-bond acceptors (Lipinski definition) is 5. The molecule has 0 saturated heterocycles. The van der Waals surface area contributed by atoms with Gasteiger partial charge in [-0.3, -0.25) is 9.59 Å². The highest BCUT2D eigenvalue weighted by Gasteiger charge is 2.20. The molecule has 1 unspecified atom stereocenters. The lowest BCUT2D eigenvalue weighted by molar-refractivity contribution is -0.148. The van der Waals surface area contributed by atoms with Crippen molar-refractivity contribution in [2.75, 3.05) is 13.7 Å². The molecule has 0 aromatic heterocycles. The molecule has 1 atom stereocenters. The zero-order valence-electron chi connectivity index (χ0n) is 17.7. The number of rotatable bonds is 9. The first-order valence-electron chi connectivity index (χ1n) is 9.61. The van der Waals surface area contributed by atoms with Crippen LogP contribution in [0.1, 0.15) is 43.0 Å². The summed E-state index contributed by atoms with van der Waals surface area (Å²) in [5.41, 5.74) is 2.87. The molecule has 0 fully saturated rings. The Morgan fingerprint density at radius 1 is 1.03 bits per heavy atom. The topological polar surface area (TPSA) is 73.9 Å². The van der Waals surface area contributed by atoms with Crippen molar-refractivity contribution < 1.29 is 23.8 Å². The van der Waals surface area contributed by atoms with Crippen molar-refractivity contribution in [3.63, 3.8) is 0 Å². The van der Waals surface area contributed by atoms with E-state index in [2.05, 4.69) is 5.32 Å². The number of methoxy groups -OCH3 is 1. The maximum Gasteiger partial charge on any atom is 0.308 e. The summed E-state index contributed by atoms with van der Waals surface area (Å²) in [5, 5.41) is 2.87. The van der Waals surface area contributed by atoms with Gasteiger partial charge in [-0.2, -0.15) is 0 Å². The second-order valence-corrected chi connectivity index (χ2v) is 7.19. The van der Waals surface area contributed by atoms with Crippen LogP contribution in [-0.2, 0) is 14.3 Å². The van der Waals surface area contributed by atoms with Gasteiger partial charge >= 0.3 is 5.97 Å². The number of ether oxygens (including phenoxy) is 3. The lowest BCUT2D eigenvalue weighted by Crippen LogP contribution is -2.34. The lowest BCUT2D eigenvalue weighted by Gasteiger charge is -2.20. The number of amides is 1. The summed E-state index contributed by atoms with van der Waals surface area (Å²) < 4.78 is 16.1. The molecular formula is C23H29NO5. The Morgan fingerprint density at radius 3 is 2.31 bits per heavy atom. The van der Waals surface area contributed by atoms with Crippen LogP contribution in [0.15, 0.2) is 42.5 Å². The summed E-state index contributed by atoms with van der Waals surface area (Å²) in [4.78, 5) is 24.7. The van der Waals surface area contributed by atoms with Gasteiger partial charge in [0.05, 0.1) is 25.7 Å². The van der Waals surface area contributed by atoms with Crippen LogP contribution < -0.4 is 14.8 Å². The highest BCUT2D eigenvalue weighted by atomic mass is 16.5. The van der Waals surface area contributed by atoms with Crippen LogP contribution in [0, 0.1) is 13.8 Å². The minimum atomic E-state index is -0.526. The molecule has 2 rings (SSSR count). The number of nitrogens with one attached hydrogen (secondary N) is 1. The second-order valence-electron chi connectivity index (χ2n) is 7.19. The first-order chi connectivity index (χ1) is 13.8. The van der Waals surface area contributed by atoms with Crippen LogP contribution in [0.2, 0.25) is 0 Å². The molecule has 0 saturated carbocycles. The van der Waals surface area contributed by atoms with Gasteiger partial charge < -0.3 is 19.5 Å². The molecule has 156 valence electrons. The number of carbonyl (C=O) groups excluding carboxylic acids is 2. The summed E-state index contributed by atoms with van der Waals surface area (Å²) in [6.45, 7) is 7.37. The fourth-order valence-corrected chi connectivity index (χ4v) is 2.91. The van der Waals surface area contributed by atoms with Crippen LogP contribution in [0.5, 0.6) is 11.5 Å². The summed E-state index contributed by atoms with van der Waals surface area (Å²) in [6.07, 6.45) is -0.192. The highest BCUT2D eigenvalue weighted by molar-refractivity contribution is 5.79. The van der Waals surface area contributed by atoms with Crippen molar-refractivity contribution in [1.82, 2.24) is 5.32 Å². The van der Waals surface area contributed by atoms with E-state index in [4.69, 9.17) is 14.2 Å². The maximum absolute atomic E-state index is 12.5. The first kappa shape index (κ1) is 22.3. The quantitative estimate of drug-likeness (QED) is 0.648. The third-order valence-corrected chi connectivity index (χ3v) is 4.28. The molecule has 1 N–H and O–H groups in total. The molecule has 0 aliphatic carbocycles. The van der Waals surface area contributed by atoms with E-state index in [0.717, 1.165) is 16.7 Å². The number of carbonyl (C=O) groups is 2. The summed E-state index contributed by atoms with van der Waals surface area (Å²) in [5.74, 6) is 0.660. The third-order valence-electron chi connectivity index (χ3n) is 4.28. The molecule has 2 aromatic rings. The van der Waals surface area contributed by atoms with Crippen molar-refractivity contribution in [3.05, 3.63) is 59.2 Å². The number of esters is 1. The van der Waals surface area contributed by atoms with Crippen LogP contribution >= 0.6 is 0 Å². The molecule has 6 nitrogen and oxygen atoms in total. The van der Waals surface area contributed by atoms with Crippen molar-refractivity contribution in [2.24, 2.45) is 0 Å². The van der Waals surface area contributed by atoms with Crippen LogP contribution in [-0.4, -0.2) is 31.7 Å². The van der Waals surface area contributed by atoms with E-state index < -0.39 is 6.04 Å². The Kier molecular flexibility index (Phi) is 8.07. The van der Waals surface area contributed by atoms with Gasteiger partial charge in [-0.1, -0.05) is 29.8 Å². The zero-order valence-corrected chi connectivity index (χ0v) is 17.7. The van der Waals surface area contributed by atoms with Gasteiger partial charge in [-0.15, -0.1) is 0 Å². The Hall–Kier alpha value is -3.02. The monoisotopic (exact) mass is 399 g/mol. The summed E-state index contributed by atoms with van der Waals surface area (Å²) in [6, 6.07) is 12.5. The van der Waals surface area contributed by atoms with E-state index >= 15 is 0 Å². The van der Waals surface area contributed by atoms with E-state index in [1.165, 1.54) is 0 Å². The molecule has 1 amide bonds. The lowest BCUT2D eigenvalue weighted by atomic mass is 10.0. The molecule has 6 heteroatoms. The average molecular weight is 399 g/mol. The predicted octanol–water partition coefficient (Wildman–Crippen LogP) is 3.89. The van der Waals surface area contributed by atoms with E-state index in [1.807, 2.05) is 44.2 Å². The van der Waals surface area contributed by atoms with Crippen molar-refractivity contribution >= 4 is 11.9 Å². The third kappa shape index (κ3) is 7.14. The Labute approximate surface area is 172 Å². The van der Waals surface area contributed by atoms with Gasteiger partial charge in [-0.05, 0) is 57.0 Å². The molecule has 0 aliphatic heterocycles. The standard InChI is InChI=1S/C23H29NO5/c1-15(2)29-23(26)13-20(18-7-9-19(27-5)10-8-18)24-22(25)14-28-21-11-6-16(3)12-17(21)4/h6-12,15,20H,13-14H2,1-5H3,(H,24,25). The van der Waals surface area contributed by atoms with Crippen molar-refractivity contribution in [1.29, 1.82) is 0 Å². The van der Waals surface area contributed by atoms with Gasteiger partial charge in [0, 0.05) is 0 Å². The van der Waals surface area contributed by atoms with Gasteiger partial charge in [-0.25, -0.2) is 0 Å². The molecule has 0 aliphatic rings. The first-order valence-corrected chi connectivity index (χ1v) is 9.61. The van der Waals surface area contributed by atoms with Gasteiger partial charge in [0.1, 0.15) is 11.5 Å². The molecule has 0 bridgehead atoms. The molecule has 29 heavy (non-hydrogen) atoms. The molecule has 0 radical (unpaired) electrons. The number of aryl methyl sites for hydroxylation is 2. The van der Waals surface area contributed by atoms with E-state index in [9.17, 15) is 9.59 Å².